The zero-order chi connectivity index (χ0) is 15.3. The van der Waals surface area contributed by atoms with Crippen molar-refractivity contribution in [3.8, 4) is 0 Å². The van der Waals surface area contributed by atoms with Crippen LogP contribution in [0, 0.1) is 5.82 Å². The molecule has 2 rings (SSSR count). The lowest BCUT2D eigenvalue weighted by Crippen LogP contribution is -2.51. The molecule has 0 atom stereocenters. The van der Waals surface area contributed by atoms with E-state index in [1.54, 1.807) is 12.1 Å². The molecular weight excluding hydrogens is 277 g/mol. The number of nitrogens with two attached hydrogens (primary N) is 1. The normalized spacial score (nSPS) is 18.7. The number of nitrogens with zero attached hydrogens (tertiary/aromatic N) is 1. The molecule has 0 spiro atoms. The Morgan fingerprint density at radius 2 is 2.14 bits per heavy atom. The third kappa shape index (κ3) is 3.69. The van der Waals surface area contributed by atoms with Crippen LogP contribution in [0.2, 0.25) is 0 Å². The molecule has 21 heavy (non-hydrogen) atoms. The molecule has 1 aromatic carbocycles. The van der Waals surface area contributed by atoms with E-state index in [4.69, 9.17) is 15.7 Å². The van der Waals surface area contributed by atoms with Gasteiger partial charge in [-0.15, -0.1) is 0 Å². The van der Waals surface area contributed by atoms with Gasteiger partial charge in [0.15, 0.2) is 5.84 Å². The minimum Gasteiger partial charge on any atom is -0.409 e. The maximum Gasteiger partial charge on any atom is 0.170 e. The molecule has 0 saturated carbocycles. The molecule has 0 bridgehead atoms. The highest BCUT2D eigenvalue weighted by Gasteiger charge is 2.31. The van der Waals surface area contributed by atoms with E-state index in [0.29, 0.717) is 43.7 Å². The fraction of sp³-hybridized carbons (Fsp3) is 0.500. The molecule has 0 amide bonds. The highest BCUT2D eigenvalue weighted by molar-refractivity contribution is 5.97. The zero-order valence-corrected chi connectivity index (χ0v) is 11.7. The SMILES string of the molecule is N/C(=N/O)c1ccc(CNC2(CO)CCOCC2)c(F)c1. The Hall–Kier alpha value is -1.70. The quantitative estimate of drug-likeness (QED) is 0.275. The summed E-state index contributed by atoms with van der Waals surface area (Å²) >= 11 is 0. The lowest BCUT2D eigenvalue weighted by atomic mass is 9.90. The molecule has 0 radical (unpaired) electrons. The van der Waals surface area contributed by atoms with E-state index in [1.807, 2.05) is 0 Å². The number of hydrogen-bond donors (Lipinski definition) is 4. The van der Waals surface area contributed by atoms with Gasteiger partial charge in [-0.2, -0.15) is 0 Å². The third-order valence-electron chi connectivity index (χ3n) is 3.86. The van der Waals surface area contributed by atoms with Crippen LogP contribution in [0.1, 0.15) is 24.0 Å². The van der Waals surface area contributed by atoms with Crippen LogP contribution < -0.4 is 11.1 Å². The Labute approximate surface area is 122 Å². The van der Waals surface area contributed by atoms with Gasteiger partial charge in [-0.1, -0.05) is 17.3 Å². The van der Waals surface area contributed by atoms with Crippen molar-refractivity contribution in [3.05, 3.63) is 35.1 Å². The number of nitrogens with one attached hydrogen (secondary N) is 1. The van der Waals surface area contributed by atoms with E-state index < -0.39 is 11.4 Å². The van der Waals surface area contributed by atoms with E-state index in [-0.39, 0.29) is 12.4 Å². The largest absolute Gasteiger partial charge is 0.409 e. The van der Waals surface area contributed by atoms with Gasteiger partial charge in [0.1, 0.15) is 5.82 Å². The Morgan fingerprint density at radius 3 is 2.71 bits per heavy atom. The Kier molecular flexibility index (Phi) is 5.11. The molecule has 0 aromatic heterocycles. The van der Waals surface area contributed by atoms with Crippen molar-refractivity contribution in [2.45, 2.75) is 24.9 Å². The van der Waals surface area contributed by atoms with Crippen LogP contribution >= 0.6 is 0 Å². The van der Waals surface area contributed by atoms with E-state index in [9.17, 15) is 9.50 Å². The van der Waals surface area contributed by atoms with Crippen LogP contribution in [0.4, 0.5) is 4.39 Å². The lowest BCUT2D eigenvalue weighted by molar-refractivity contribution is 0.0110. The highest BCUT2D eigenvalue weighted by atomic mass is 19.1. The van der Waals surface area contributed by atoms with Crippen LogP contribution in [0.3, 0.4) is 0 Å². The highest BCUT2D eigenvalue weighted by Crippen LogP contribution is 2.21. The summed E-state index contributed by atoms with van der Waals surface area (Å²) in [4.78, 5) is 0. The average Bonchev–Trinajstić information content (AvgIpc) is 2.53. The van der Waals surface area contributed by atoms with Gasteiger partial charge >= 0.3 is 0 Å². The van der Waals surface area contributed by atoms with Gasteiger partial charge in [0.25, 0.3) is 0 Å². The first-order valence-corrected chi connectivity index (χ1v) is 6.80. The van der Waals surface area contributed by atoms with Crippen LogP contribution in [0.15, 0.2) is 23.4 Å². The van der Waals surface area contributed by atoms with Crippen molar-refractivity contribution in [3.63, 3.8) is 0 Å². The van der Waals surface area contributed by atoms with Crippen molar-refractivity contribution < 1.29 is 19.4 Å². The van der Waals surface area contributed by atoms with Gasteiger partial charge in [-0.3, -0.25) is 0 Å². The molecule has 116 valence electrons. The topological polar surface area (TPSA) is 100 Å². The van der Waals surface area contributed by atoms with Gasteiger partial charge in [-0.25, -0.2) is 4.39 Å². The molecule has 7 heteroatoms. The Morgan fingerprint density at radius 1 is 1.43 bits per heavy atom. The average molecular weight is 297 g/mol. The maximum absolute atomic E-state index is 14.0. The first-order chi connectivity index (χ1) is 10.1. The van der Waals surface area contributed by atoms with Gasteiger partial charge in [0, 0.05) is 36.4 Å². The fourth-order valence-electron chi connectivity index (χ4n) is 2.34. The summed E-state index contributed by atoms with van der Waals surface area (Å²) in [5.74, 6) is -0.573. The summed E-state index contributed by atoms with van der Waals surface area (Å²) in [7, 11) is 0. The second kappa shape index (κ2) is 6.84. The number of benzene rings is 1. The van der Waals surface area contributed by atoms with Crippen molar-refractivity contribution in [1.29, 1.82) is 0 Å². The Balaban J connectivity index is 2.06. The number of halogens is 1. The number of aliphatic hydroxyl groups excluding tert-OH is 1. The molecular formula is C14H20FN3O3. The van der Waals surface area contributed by atoms with Crippen LogP contribution in [-0.2, 0) is 11.3 Å². The molecule has 5 N–H and O–H groups in total. The van der Waals surface area contributed by atoms with Crippen LogP contribution in [-0.4, -0.2) is 41.5 Å². The van der Waals surface area contributed by atoms with E-state index in [2.05, 4.69) is 10.5 Å². The molecule has 6 nitrogen and oxygen atoms in total. The van der Waals surface area contributed by atoms with E-state index >= 15 is 0 Å². The minimum atomic E-state index is -0.438. The van der Waals surface area contributed by atoms with Crippen LogP contribution in [0.5, 0.6) is 0 Å². The monoisotopic (exact) mass is 297 g/mol. The molecule has 0 unspecified atom stereocenters. The third-order valence-corrected chi connectivity index (χ3v) is 3.86. The number of hydrogen-bond acceptors (Lipinski definition) is 5. The molecule has 1 fully saturated rings. The summed E-state index contributed by atoms with van der Waals surface area (Å²) in [5.41, 5.74) is 5.78. The predicted molar refractivity (Wildman–Crippen MR) is 75.6 cm³/mol. The summed E-state index contributed by atoms with van der Waals surface area (Å²) < 4.78 is 19.3. The molecule has 0 aliphatic carbocycles. The fourth-order valence-corrected chi connectivity index (χ4v) is 2.34. The predicted octanol–water partition coefficient (Wildman–Crippen LogP) is 0.551. The van der Waals surface area contributed by atoms with Crippen molar-refractivity contribution >= 4 is 5.84 Å². The number of oxime groups is 1. The van der Waals surface area contributed by atoms with E-state index in [0.717, 1.165) is 0 Å². The van der Waals surface area contributed by atoms with Gasteiger partial charge < -0.3 is 26.1 Å². The Bertz CT molecular complexity index is 516. The van der Waals surface area contributed by atoms with Crippen molar-refractivity contribution in [2.75, 3.05) is 19.8 Å². The molecule has 1 aliphatic heterocycles. The van der Waals surface area contributed by atoms with E-state index in [1.165, 1.54) is 6.07 Å². The number of rotatable bonds is 5. The number of amidine groups is 1. The first kappa shape index (κ1) is 15.7. The summed E-state index contributed by atoms with van der Waals surface area (Å²) in [6, 6.07) is 4.40. The number of ether oxygens (including phenoxy) is 1. The second-order valence-corrected chi connectivity index (χ2v) is 5.20. The molecule has 1 aliphatic rings. The summed E-state index contributed by atoms with van der Waals surface area (Å²) in [6.45, 7) is 1.44. The molecule has 1 aromatic rings. The van der Waals surface area contributed by atoms with Crippen molar-refractivity contribution in [1.82, 2.24) is 5.32 Å². The van der Waals surface area contributed by atoms with Gasteiger partial charge in [0.05, 0.1) is 6.61 Å². The maximum atomic E-state index is 14.0. The van der Waals surface area contributed by atoms with Gasteiger partial charge in [0.2, 0.25) is 0 Å². The van der Waals surface area contributed by atoms with Crippen LogP contribution in [0.25, 0.3) is 0 Å². The summed E-state index contributed by atoms with van der Waals surface area (Å²) in [6.07, 6.45) is 1.38. The molecule has 1 saturated heterocycles. The first-order valence-electron chi connectivity index (χ1n) is 6.80. The lowest BCUT2D eigenvalue weighted by Gasteiger charge is -2.36. The standard InChI is InChI=1S/C14H20FN3O3/c15-12-7-10(13(16)18-20)1-2-11(12)8-17-14(9-19)3-5-21-6-4-14/h1-2,7,17,19-20H,3-6,8-9H2,(H2,16,18). The second-order valence-electron chi connectivity index (χ2n) is 5.20. The van der Waals surface area contributed by atoms with Crippen molar-refractivity contribution in [2.24, 2.45) is 10.9 Å². The zero-order valence-electron chi connectivity index (χ0n) is 11.7. The smallest absolute Gasteiger partial charge is 0.170 e. The minimum absolute atomic E-state index is 0.0137. The number of aliphatic hydroxyl groups is 1. The molecule has 1 heterocycles. The van der Waals surface area contributed by atoms with Gasteiger partial charge in [-0.05, 0) is 18.9 Å². The summed E-state index contributed by atoms with van der Waals surface area (Å²) in [5, 5.41) is 24.2.